The Hall–Kier alpha value is 0.150. The molecule has 4 aliphatic carbocycles. The molecule has 0 heterocycles. The monoisotopic (exact) mass is 256 g/mol. The van der Waals surface area contributed by atoms with Gasteiger partial charge in [-0.1, -0.05) is 15.9 Å². The summed E-state index contributed by atoms with van der Waals surface area (Å²) in [6.07, 6.45) is 6.90. The minimum absolute atomic E-state index is 0.433. The second-order valence-electron chi connectivity index (χ2n) is 5.56. The lowest BCUT2D eigenvalue weighted by atomic mass is 9.51. The molecule has 0 spiro atoms. The van der Waals surface area contributed by atoms with Crippen molar-refractivity contribution in [2.24, 2.45) is 29.6 Å². The van der Waals surface area contributed by atoms with Gasteiger partial charge in [0.15, 0.2) is 0 Å². The standard InChI is InChI=1S/C12H17BrO/c13-6-11(14)12-9-2-7-1-8(4-9)5-10(12)3-7/h7-10,12H,1-6H2. The highest BCUT2D eigenvalue weighted by molar-refractivity contribution is 9.09. The highest BCUT2D eigenvalue weighted by Crippen LogP contribution is 2.56. The van der Waals surface area contributed by atoms with Crippen LogP contribution >= 0.6 is 15.9 Å². The molecule has 0 radical (unpaired) electrons. The van der Waals surface area contributed by atoms with Crippen LogP contribution in [0.25, 0.3) is 0 Å². The summed E-state index contributed by atoms with van der Waals surface area (Å²) < 4.78 is 0. The van der Waals surface area contributed by atoms with Crippen molar-refractivity contribution in [3.05, 3.63) is 0 Å². The zero-order valence-electron chi connectivity index (χ0n) is 8.42. The second kappa shape index (κ2) is 3.33. The Morgan fingerprint density at radius 1 is 1.00 bits per heavy atom. The number of halogens is 1. The largest absolute Gasteiger partial charge is 0.298 e. The summed E-state index contributed by atoms with van der Waals surface area (Å²) in [5.41, 5.74) is 0. The number of alkyl halides is 1. The molecule has 4 saturated carbocycles. The predicted octanol–water partition coefficient (Wildman–Crippen LogP) is 3.02. The van der Waals surface area contributed by atoms with Gasteiger partial charge in [-0.2, -0.15) is 0 Å². The fourth-order valence-corrected chi connectivity index (χ4v) is 4.91. The molecule has 0 N–H and O–H groups in total. The Morgan fingerprint density at radius 2 is 1.50 bits per heavy atom. The van der Waals surface area contributed by atoms with Gasteiger partial charge < -0.3 is 0 Å². The molecule has 1 nitrogen and oxygen atoms in total. The predicted molar refractivity (Wildman–Crippen MR) is 59.3 cm³/mol. The molecule has 0 aromatic rings. The summed E-state index contributed by atoms with van der Waals surface area (Å²) in [6.45, 7) is 0. The zero-order chi connectivity index (χ0) is 9.71. The molecule has 4 fully saturated rings. The van der Waals surface area contributed by atoms with E-state index in [4.69, 9.17) is 0 Å². The molecule has 78 valence electrons. The number of ketones is 1. The van der Waals surface area contributed by atoms with Gasteiger partial charge in [0, 0.05) is 5.92 Å². The van der Waals surface area contributed by atoms with E-state index in [2.05, 4.69) is 15.9 Å². The van der Waals surface area contributed by atoms with Crippen LogP contribution in [0.5, 0.6) is 0 Å². The maximum atomic E-state index is 11.9. The van der Waals surface area contributed by atoms with Crippen LogP contribution in [0.4, 0.5) is 0 Å². The smallest absolute Gasteiger partial charge is 0.147 e. The highest BCUT2D eigenvalue weighted by Gasteiger charge is 2.50. The van der Waals surface area contributed by atoms with E-state index >= 15 is 0 Å². The molecule has 0 amide bonds. The van der Waals surface area contributed by atoms with Crippen LogP contribution in [-0.2, 0) is 4.79 Å². The quantitative estimate of drug-likeness (QED) is 0.695. The van der Waals surface area contributed by atoms with Gasteiger partial charge in [-0.05, 0) is 55.8 Å². The van der Waals surface area contributed by atoms with Gasteiger partial charge in [-0.25, -0.2) is 0 Å². The minimum Gasteiger partial charge on any atom is -0.298 e. The molecular formula is C12H17BrO. The van der Waals surface area contributed by atoms with Crippen molar-refractivity contribution < 1.29 is 4.79 Å². The molecule has 14 heavy (non-hydrogen) atoms. The van der Waals surface area contributed by atoms with E-state index in [1.807, 2.05) is 0 Å². The van der Waals surface area contributed by atoms with Crippen molar-refractivity contribution >= 4 is 21.7 Å². The van der Waals surface area contributed by atoms with Gasteiger partial charge in [-0.15, -0.1) is 0 Å². The van der Waals surface area contributed by atoms with Crippen LogP contribution in [0.3, 0.4) is 0 Å². The maximum Gasteiger partial charge on any atom is 0.147 e. The van der Waals surface area contributed by atoms with Crippen molar-refractivity contribution in [3.8, 4) is 0 Å². The van der Waals surface area contributed by atoms with E-state index in [1.54, 1.807) is 0 Å². The molecule has 4 aliphatic rings. The van der Waals surface area contributed by atoms with Crippen molar-refractivity contribution in [1.82, 2.24) is 0 Å². The van der Waals surface area contributed by atoms with Crippen LogP contribution < -0.4 is 0 Å². The van der Waals surface area contributed by atoms with E-state index in [9.17, 15) is 4.79 Å². The molecule has 4 bridgehead atoms. The van der Waals surface area contributed by atoms with Crippen LogP contribution in [0.2, 0.25) is 0 Å². The summed E-state index contributed by atoms with van der Waals surface area (Å²) in [5, 5.41) is 0.583. The molecule has 0 aromatic carbocycles. The average molecular weight is 257 g/mol. The average Bonchev–Trinajstić information content (AvgIpc) is 2.15. The SMILES string of the molecule is O=C(CBr)C1C2CC3CC(C2)CC1C3. The number of rotatable bonds is 2. The molecule has 4 rings (SSSR count). The summed E-state index contributed by atoms with van der Waals surface area (Å²) >= 11 is 3.34. The third kappa shape index (κ3) is 1.30. The van der Waals surface area contributed by atoms with Crippen molar-refractivity contribution in [2.45, 2.75) is 32.1 Å². The van der Waals surface area contributed by atoms with Gasteiger partial charge in [0.25, 0.3) is 0 Å². The van der Waals surface area contributed by atoms with Crippen LogP contribution in [0, 0.1) is 29.6 Å². The first-order valence-corrected chi connectivity index (χ1v) is 6.98. The van der Waals surface area contributed by atoms with Crippen LogP contribution in [0.15, 0.2) is 0 Å². The lowest BCUT2D eigenvalue weighted by Gasteiger charge is -2.53. The molecule has 0 atom stereocenters. The van der Waals surface area contributed by atoms with Gasteiger partial charge in [-0.3, -0.25) is 4.79 Å². The van der Waals surface area contributed by atoms with Gasteiger partial charge in [0.2, 0.25) is 0 Å². The Kier molecular flexibility index (Phi) is 2.23. The molecule has 0 aromatic heterocycles. The van der Waals surface area contributed by atoms with Gasteiger partial charge in [0.1, 0.15) is 5.78 Å². The topological polar surface area (TPSA) is 17.1 Å². The van der Waals surface area contributed by atoms with Gasteiger partial charge in [0.05, 0.1) is 5.33 Å². The Balaban J connectivity index is 1.84. The summed E-state index contributed by atoms with van der Waals surface area (Å²) in [7, 11) is 0. The third-order valence-corrected chi connectivity index (χ3v) is 5.28. The van der Waals surface area contributed by atoms with Gasteiger partial charge >= 0.3 is 0 Å². The van der Waals surface area contributed by atoms with E-state index in [1.165, 1.54) is 32.1 Å². The second-order valence-corrected chi connectivity index (χ2v) is 6.12. The number of hydrogen-bond donors (Lipinski definition) is 0. The molecule has 0 unspecified atom stereocenters. The number of hydrogen-bond acceptors (Lipinski definition) is 1. The van der Waals surface area contributed by atoms with E-state index in [0.717, 1.165) is 23.7 Å². The zero-order valence-corrected chi connectivity index (χ0v) is 10.0. The van der Waals surface area contributed by atoms with Crippen molar-refractivity contribution in [2.75, 3.05) is 5.33 Å². The molecule has 2 heteroatoms. The van der Waals surface area contributed by atoms with E-state index in [0.29, 0.717) is 17.0 Å². The lowest BCUT2D eigenvalue weighted by Crippen LogP contribution is -2.48. The Bertz CT molecular complexity index is 233. The molecule has 0 aliphatic heterocycles. The van der Waals surface area contributed by atoms with Crippen LogP contribution in [-0.4, -0.2) is 11.1 Å². The fourth-order valence-electron chi connectivity index (χ4n) is 4.54. The lowest BCUT2D eigenvalue weighted by molar-refractivity contribution is -0.133. The Morgan fingerprint density at radius 3 is 1.93 bits per heavy atom. The summed E-state index contributed by atoms with van der Waals surface area (Å²) in [4.78, 5) is 11.9. The first-order valence-electron chi connectivity index (χ1n) is 5.86. The number of carbonyl (C=O) groups excluding carboxylic acids is 1. The van der Waals surface area contributed by atoms with Crippen molar-refractivity contribution in [3.63, 3.8) is 0 Å². The molecule has 0 saturated heterocycles. The maximum absolute atomic E-state index is 11.9. The summed E-state index contributed by atoms with van der Waals surface area (Å²) in [5.74, 6) is 4.40. The summed E-state index contributed by atoms with van der Waals surface area (Å²) in [6, 6.07) is 0. The minimum atomic E-state index is 0.433. The number of Topliss-reactive ketones (excluding diaryl/α,β-unsaturated/α-hetero) is 1. The van der Waals surface area contributed by atoms with E-state index in [-0.39, 0.29) is 0 Å². The first-order chi connectivity index (χ1) is 6.78. The first kappa shape index (κ1) is 9.38. The van der Waals surface area contributed by atoms with Crippen molar-refractivity contribution in [1.29, 1.82) is 0 Å². The number of carbonyl (C=O) groups is 1. The van der Waals surface area contributed by atoms with Crippen LogP contribution in [0.1, 0.15) is 32.1 Å². The Labute approximate surface area is 93.8 Å². The normalized spacial score (nSPS) is 49.6. The van der Waals surface area contributed by atoms with E-state index < -0.39 is 0 Å². The molecular weight excluding hydrogens is 240 g/mol. The fraction of sp³-hybridized carbons (Fsp3) is 0.917. The third-order valence-electron chi connectivity index (χ3n) is 4.73. The highest BCUT2D eigenvalue weighted by atomic mass is 79.9.